The maximum absolute atomic E-state index is 13.0. The third-order valence-electron chi connectivity index (χ3n) is 1.51. The van der Waals surface area contributed by atoms with Gasteiger partial charge in [0.1, 0.15) is 6.61 Å². The zero-order chi connectivity index (χ0) is 10.4. The standard InChI is InChI=1S/C10H10F2OS/c11-8-4-3-5-9(12)10(8)13-6-1-2-7-14/h1-5,14H,6-7H2/b2-1+. The van der Waals surface area contributed by atoms with E-state index >= 15 is 0 Å². The van der Waals surface area contributed by atoms with Gasteiger partial charge >= 0.3 is 0 Å². The van der Waals surface area contributed by atoms with Gasteiger partial charge in [0.05, 0.1) is 0 Å². The summed E-state index contributed by atoms with van der Waals surface area (Å²) in [6.45, 7) is 0.137. The van der Waals surface area contributed by atoms with Crippen LogP contribution in [0.1, 0.15) is 0 Å². The molecule has 0 bridgehead atoms. The minimum Gasteiger partial charge on any atom is -0.483 e. The predicted molar refractivity (Wildman–Crippen MR) is 54.8 cm³/mol. The summed E-state index contributed by atoms with van der Waals surface area (Å²) < 4.78 is 30.8. The number of para-hydroxylation sites is 1. The summed E-state index contributed by atoms with van der Waals surface area (Å²) in [6, 6.07) is 3.60. The summed E-state index contributed by atoms with van der Waals surface area (Å²) in [6.07, 6.45) is 3.39. The van der Waals surface area contributed by atoms with E-state index in [9.17, 15) is 8.78 Å². The molecule has 0 heterocycles. The van der Waals surface area contributed by atoms with Gasteiger partial charge < -0.3 is 4.74 Å². The second-order valence-electron chi connectivity index (χ2n) is 2.52. The molecule has 1 aromatic rings. The van der Waals surface area contributed by atoms with Gasteiger partial charge in [-0.25, -0.2) is 8.78 Å². The molecule has 0 saturated heterocycles. The van der Waals surface area contributed by atoms with Gasteiger partial charge in [0.2, 0.25) is 0 Å². The fraction of sp³-hybridized carbons (Fsp3) is 0.200. The molecule has 1 aromatic carbocycles. The number of rotatable bonds is 4. The van der Waals surface area contributed by atoms with Gasteiger partial charge in [-0.1, -0.05) is 18.2 Å². The van der Waals surface area contributed by atoms with Crippen molar-refractivity contribution in [3.05, 3.63) is 42.0 Å². The van der Waals surface area contributed by atoms with Gasteiger partial charge in [-0.05, 0) is 12.1 Å². The van der Waals surface area contributed by atoms with E-state index in [1.807, 2.05) is 0 Å². The van der Waals surface area contributed by atoms with E-state index in [1.54, 1.807) is 12.2 Å². The van der Waals surface area contributed by atoms with Crippen molar-refractivity contribution in [2.45, 2.75) is 0 Å². The first-order valence-corrected chi connectivity index (χ1v) is 4.71. The highest BCUT2D eigenvalue weighted by molar-refractivity contribution is 7.80. The van der Waals surface area contributed by atoms with E-state index in [0.29, 0.717) is 5.75 Å². The van der Waals surface area contributed by atoms with Crippen LogP contribution in [-0.4, -0.2) is 12.4 Å². The Bertz CT molecular complexity index is 306. The van der Waals surface area contributed by atoms with Crippen molar-refractivity contribution in [2.75, 3.05) is 12.4 Å². The SMILES string of the molecule is Fc1cccc(F)c1OC/C=C/CS. The summed E-state index contributed by atoms with van der Waals surface area (Å²) in [7, 11) is 0. The van der Waals surface area contributed by atoms with Crippen LogP contribution in [0.25, 0.3) is 0 Å². The molecule has 0 radical (unpaired) electrons. The first kappa shape index (κ1) is 11.0. The van der Waals surface area contributed by atoms with Crippen molar-refractivity contribution < 1.29 is 13.5 Å². The van der Waals surface area contributed by atoms with E-state index in [0.717, 1.165) is 12.1 Å². The number of benzene rings is 1. The lowest BCUT2D eigenvalue weighted by molar-refractivity contribution is 0.320. The monoisotopic (exact) mass is 216 g/mol. The van der Waals surface area contributed by atoms with Gasteiger partial charge in [0, 0.05) is 5.75 Å². The Morgan fingerprint density at radius 1 is 1.21 bits per heavy atom. The second kappa shape index (κ2) is 5.65. The maximum Gasteiger partial charge on any atom is 0.191 e. The molecule has 1 rings (SSSR count). The molecule has 0 unspecified atom stereocenters. The number of ether oxygens (including phenoxy) is 1. The third kappa shape index (κ3) is 3.03. The van der Waals surface area contributed by atoms with Gasteiger partial charge in [-0.2, -0.15) is 12.6 Å². The Balaban J connectivity index is 2.62. The van der Waals surface area contributed by atoms with Crippen molar-refractivity contribution in [1.29, 1.82) is 0 Å². The number of halogens is 2. The molecule has 1 nitrogen and oxygen atoms in total. The number of hydrogen-bond donors (Lipinski definition) is 1. The zero-order valence-electron chi connectivity index (χ0n) is 7.41. The fourth-order valence-electron chi connectivity index (χ4n) is 0.894. The van der Waals surface area contributed by atoms with Crippen LogP contribution in [0.15, 0.2) is 30.4 Å². The molecule has 0 saturated carbocycles. The Labute approximate surface area is 86.8 Å². The van der Waals surface area contributed by atoms with Gasteiger partial charge in [-0.15, -0.1) is 0 Å². The maximum atomic E-state index is 13.0. The highest BCUT2D eigenvalue weighted by Crippen LogP contribution is 2.20. The molecule has 0 fully saturated rings. The summed E-state index contributed by atoms with van der Waals surface area (Å²) in [5.74, 6) is -1.15. The van der Waals surface area contributed by atoms with Crippen LogP contribution in [0.2, 0.25) is 0 Å². The van der Waals surface area contributed by atoms with Crippen molar-refractivity contribution >= 4 is 12.6 Å². The largest absolute Gasteiger partial charge is 0.483 e. The van der Waals surface area contributed by atoms with Gasteiger partial charge in [-0.3, -0.25) is 0 Å². The van der Waals surface area contributed by atoms with Crippen molar-refractivity contribution in [3.8, 4) is 5.75 Å². The minimum atomic E-state index is -0.690. The molecule has 0 aromatic heterocycles. The molecule has 0 aliphatic heterocycles. The van der Waals surface area contributed by atoms with E-state index < -0.39 is 11.6 Å². The zero-order valence-corrected chi connectivity index (χ0v) is 8.31. The molecular formula is C10H10F2OS. The van der Waals surface area contributed by atoms with E-state index in [-0.39, 0.29) is 12.4 Å². The van der Waals surface area contributed by atoms with Crippen LogP contribution in [0.4, 0.5) is 8.78 Å². The van der Waals surface area contributed by atoms with E-state index in [2.05, 4.69) is 12.6 Å². The molecule has 76 valence electrons. The van der Waals surface area contributed by atoms with Crippen LogP contribution in [0.3, 0.4) is 0 Å². The minimum absolute atomic E-state index is 0.137. The highest BCUT2D eigenvalue weighted by atomic mass is 32.1. The van der Waals surface area contributed by atoms with Crippen LogP contribution in [0, 0.1) is 11.6 Å². The van der Waals surface area contributed by atoms with Crippen LogP contribution in [0.5, 0.6) is 5.75 Å². The Hall–Kier alpha value is -1.03. The Morgan fingerprint density at radius 2 is 1.86 bits per heavy atom. The topological polar surface area (TPSA) is 9.23 Å². The lowest BCUT2D eigenvalue weighted by atomic mass is 10.3. The number of hydrogen-bond acceptors (Lipinski definition) is 2. The summed E-state index contributed by atoms with van der Waals surface area (Å²) in [5, 5.41) is 0. The molecule has 0 amide bonds. The Kier molecular flexibility index (Phi) is 4.46. The van der Waals surface area contributed by atoms with Crippen molar-refractivity contribution in [2.24, 2.45) is 0 Å². The van der Waals surface area contributed by atoms with Crippen molar-refractivity contribution in [1.82, 2.24) is 0 Å². The average Bonchev–Trinajstić information content (AvgIpc) is 2.16. The van der Waals surface area contributed by atoms with Crippen LogP contribution < -0.4 is 4.74 Å². The van der Waals surface area contributed by atoms with Crippen LogP contribution >= 0.6 is 12.6 Å². The molecule has 0 aliphatic rings. The molecule has 0 aliphatic carbocycles. The van der Waals surface area contributed by atoms with Gasteiger partial charge in [0.15, 0.2) is 17.4 Å². The van der Waals surface area contributed by atoms with E-state index in [1.165, 1.54) is 6.07 Å². The fourth-order valence-corrected chi connectivity index (χ4v) is 1.04. The lowest BCUT2D eigenvalue weighted by Crippen LogP contribution is -1.98. The summed E-state index contributed by atoms with van der Waals surface area (Å²) in [4.78, 5) is 0. The first-order valence-electron chi connectivity index (χ1n) is 4.08. The van der Waals surface area contributed by atoms with Gasteiger partial charge in [0.25, 0.3) is 0 Å². The molecule has 0 spiro atoms. The summed E-state index contributed by atoms with van der Waals surface area (Å²) >= 11 is 3.93. The second-order valence-corrected chi connectivity index (χ2v) is 2.88. The molecule has 4 heteroatoms. The smallest absolute Gasteiger partial charge is 0.191 e. The Morgan fingerprint density at radius 3 is 2.43 bits per heavy atom. The normalized spacial score (nSPS) is 10.8. The van der Waals surface area contributed by atoms with E-state index in [4.69, 9.17) is 4.74 Å². The first-order chi connectivity index (χ1) is 6.75. The average molecular weight is 216 g/mol. The molecule has 14 heavy (non-hydrogen) atoms. The lowest BCUT2D eigenvalue weighted by Gasteiger charge is -2.04. The number of thiol groups is 1. The summed E-state index contributed by atoms with van der Waals surface area (Å²) in [5.41, 5.74) is 0. The molecule has 0 atom stereocenters. The third-order valence-corrected chi connectivity index (χ3v) is 1.73. The van der Waals surface area contributed by atoms with Crippen molar-refractivity contribution in [3.63, 3.8) is 0 Å². The van der Waals surface area contributed by atoms with Crippen LogP contribution in [-0.2, 0) is 0 Å². The molecule has 0 N–H and O–H groups in total. The molecular weight excluding hydrogens is 206 g/mol. The quantitative estimate of drug-likeness (QED) is 0.601. The highest BCUT2D eigenvalue weighted by Gasteiger charge is 2.07. The predicted octanol–water partition coefficient (Wildman–Crippen LogP) is 2.83.